The highest BCUT2D eigenvalue weighted by molar-refractivity contribution is 5.98. The topological polar surface area (TPSA) is 117 Å². The molecule has 252 valence electrons. The summed E-state index contributed by atoms with van der Waals surface area (Å²) < 4.78 is 12.9. The second kappa shape index (κ2) is 15.9. The van der Waals surface area contributed by atoms with Crippen molar-refractivity contribution < 1.29 is 33.8 Å². The van der Waals surface area contributed by atoms with Gasteiger partial charge in [-0.05, 0) is 44.6 Å². The van der Waals surface area contributed by atoms with Gasteiger partial charge in [-0.2, -0.15) is 0 Å². The lowest BCUT2D eigenvalue weighted by atomic mass is 9.70. The van der Waals surface area contributed by atoms with Crippen LogP contribution in [-0.4, -0.2) is 101 Å². The summed E-state index contributed by atoms with van der Waals surface area (Å²) in [6.07, 6.45) is 6.93. The van der Waals surface area contributed by atoms with Crippen LogP contribution in [-0.2, 0) is 28.7 Å². The number of aliphatic hydroxyl groups is 1. The highest BCUT2D eigenvalue weighted by Crippen LogP contribution is 2.59. The van der Waals surface area contributed by atoms with E-state index in [-0.39, 0.29) is 37.3 Å². The quantitative estimate of drug-likeness (QED) is 0.147. The van der Waals surface area contributed by atoms with Gasteiger partial charge in [0.2, 0.25) is 17.7 Å². The molecule has 0 radical (unpaired) electrons. The summed E-state index contributed by atoms with van der Waals surface area (Å²) in [5.41, 5.74) is -0.430. The number of fused-ring (bicyclic) bond motifs is 1. The van der Waals surface area contributed by atoms with Crippen LogP contribution >= 0.6 is 0 Å². The summed E-state index contributed by atoms with van der Waals surface area (Å²) in [5.74, 6) is -2.98. The molecule has 7 atom stereocenters. The lowest BCUT2D eigenvalue weighted by Crippen LogP contribution is -2.56. The molecule has 10 nitrogen and oxygen atoms in total. The number of nitrogens with zero attached hydrogens (tertiary/aromatic N) is 3. The van der Waals surface area contributed by atoms with Gasteiger partial charge in [-0.15, -0.1) is 13.2 Å². The normalized spacial score (nSPS) is 25.9. The third kappa shape index (κ3) is 6.93. The van der Waals surface area contributed by atoms with Crippen molar-refractivity contribution >= 4 is 23.7 Å². The maximum Gasteiger partial charge on any atom is 0.313 e. The molecule has 0 saturated carbocycles. The molecule has 10 heteroatoms. The van der Waals surface area contributed by atoms with E-state index >= 15 is 0 Å². The Bertz CT molecular complexity index is 1260. The molecule has 3 fully saturated rings. The van der Waals surface area contributed by atoms with Crippen molar-refractivity contribution in [2.75, 3.05) is 33.3 Å². The van der Waals surface area contributed by atoms with Crippen molar-refractivity contribution in [1.82, 2.24) is 14.7 Å². The van der Waals surface area contributed by atoms with Gasteiger partial charge >= 0.3 is 5.97 Å². The van der Waals surface area contributed by atoms with Crippen LogP contribution in [0.3, 0.4) is 0 Å². The van der Waals surface area contributed by atoms with E-state index in [1.807, 2.05) is 37.3 Å². The molecule has 1 spiro atoms. The van der Waals surface area contributed by atoms with Gasteiger partial charge in [-0.3, -0.25) is 19.2 Å². The van der Waals surface area contributed by atoms with Crippen molar-refractivity contribution in [1.29, 1.82) is 0 Å². The SMILES string of the molecule is C=CCCC(=O)N(C)[C@@H](C)[C@@H](OC(=O)[C@@H]1[C@@H]2CC[C@]3(O2)[C@H](C(=O)N(CC=C)CCCCC)N(CCCO)C(=O)[C@@H]13)c1ccccc1. The van der Waals surface area contributed by atoms with Gasteiger partial charge in [0, 0.05) is 39.7 Å². The molecule has 4 rings (SSSR count). The van der Waals surface area contributed by atoms with Crippen LogP contribution in [0.2, 0.25) is 0 Å². The van der Waals surface area contributed by atoms with Crippen molar-refractivity contribution in [3.63, 3.8) is 0 Å². The summed E-state index contributed by atoms with van der Waals surface area (Å²) in [5, 5.41) is 9.65. The van der Waals surface area contributed by atoms with E-state index in [0.717, 1.165) is 24.8 Å². The minimum absolute atomic E-state index is 0.0959. The summed E-state index contributed by atoms with van der Waals surface area (Å²) >= 11 is 0. The Hall–Kier alpha value is -3.50. The van der Waals surface area contributed by atoms with Crippen LogP contribution in [0.25, 0.3) is 0 Å². The molecule has 46 heavy (non-hydrogen) atoms. The molecule has 3 aliphatic heterocycles. The van der Waals surface area contributed by atoms with Crippen molar-refractivity contribution in [2.45, 2.75) is 95.1 Å². The lowest BCUT2D eigenvalue weighted by molar-refractivity contribution is -0.164. The fraction of sp³-hybridized carbons (Fsp3) is 0.611. The number of ether oxygens (including phenoxy) is 2. The molecule has 3 heterocycles. The van der Waals surface area contributed by atoms with E-state index in [2.05, 4.69) is 20.1 Å². The van der Waals surface area contributed by atoms with Crippen LogP contribution in [0.4, 0.5) is 0 Å². The Kier molecular flexibility index (Phi) is 12.2. The van der Waals surface area contributed by atoms with Crippen LogP contribution in [0.5, 0.6) is 0 Å². The van der Waals surface area contributed by atoms with Gasteiger partial charge in [-0.25, -0.2) is 0 Å². The zero-order valence-corrected chi connectivity index (χ0v) is 27.6. The van der Waals surface area contributed by atoms with Gasteiger partial charge in [0.15, 0.2) is 0 Å². The van der Waals surface area contributed by atoms with Crippen LogP contribution in [0, 0.1) is 11.8 Å². The summed E-state index contributed by atoms with van der Waals surface area (Å²) in [7, 11) is 1.70. The van der Waals surface area contributed by atoms with Crippen LogP contribution in [0.15, 0.2) is 55.6 Å². The molecular weight excluding hydrogens is 586 g/mol. The molecule has 0 aromatic heterocycles. The number of hydrogen-bond donors (Lipinski definition) is 1. The Morgan fingerprint density at radius 3 is 2.57 bits per heavy atom. The number of carbonyl (C=O) groups is 4. The van der Waals surface area contributed by atoms with Crippen molar-refractivity contribution in [2.24, 2.45) is 11.8 Å². The number of aliphatic hydroxyl groups excluding tert-OH is 1. The van der Waals surface area contributed by atoms with Crippen molar-refractivity contribution in [3.05, 3.63) is 61.2 Å². The van der Waals surface area contributed by atoms with E-state index in [4.69, 9.17) is 9.47 Å². The number of allylic oxidation sites excluding steroid dienone is 1. The second-order valence-corrected chi connectivity index (χ2v) is 12.8. The molecule has 1 N–H and O–H groups in total. The number of unbranched alkanes of at least 4 members (excludes halogenated alkanes) is 2. The molecule has 3 amide bonds. The highest BCUT2D eigenvalue weighted by Gasteiger charge is 2.75. The summed E-state index contributed by atoms with van der Waals surface area (Å²) in [6.45, 7) is 12.4. The zero-order chi connectivity index (χ0) is 33.4. The van der Waals surface area contributed by atoms with Crippen LogP contribution in [0.1, 0.15) is 76.9 Å². The first-order chi connectivity index (χ1) is 22.2. The highest BCUT2D eigenvalue weighted by atomic mass is 16.6. The Morgan fingerprint density at radius 1 is 1.17 bits per heavy atom. The molecular formula is C36H51N3O7. The molecule has 0 unspecified atom stereocenters. The molecule has 3 aliphatic rings. The van der Waals surface area contributed by atoms with E-state index in [1.165, 1.54) is 4.90 Å². The Balaban J connectivity index is 1.65. The first-order valence-corrected chi connectivity index (χ1v) is 16.8. The van der Waals surface area contributed by atoms with Gasteiger partial charge in [0.25, 0.3) is 0 Å². The van der Waals surface area contributed by atoms with E-state index in [9.17, 15) is 24.3 Å². The Labute approximate surface area is 273 Å². The largest absolute Gasteiger partial charge is 0.455 e. The van der Waals surface area contributed by atoms with E-state index in [0.29, 0.717) is 38.8 Å². The smallest absolute Gasteiger partial charge is 0.313 e. The molecule has 3 saturated heterocycles. The number of esters is 1. The number of benzene rings is 1. The fourth-order valence-electron chi connectivity index (χ4n) is 7.48. The minimum atomic E-state index is -1.16. The second-order valence-electron chi connectivity index (χ2n) is 12.8. The molecule has 1 aromatic rings. The number of carbonyl (C=O) groups excluding carboxylic acids is 4. The number of rotatable bonds is 18. The van der Waals surface area contributed by atoms with E-state index in [1.54, 1.807) is 29.0 Å². The first kappa shape index (κ1) is 35.4. The Morgan fingerprint density at radius 2 is 1.91 bits per heavy atom. The number of amides is 3. The molecule has 0 aliphatic carbocycles. The van der Waals surface area contributed by atoms with Crippen molar-refractivity contribution in [3.8, 4) is 0 Å². The third-order valence-corrected chi connectivity index (χ3v) is 9.93. The molecule has 2 bridgehead atoms. The van der Waals surface area contributed by atoms with Gasteiger partial charge < -0.3 is 29.3 Å². The van der Waals surface area contributed by atoms with Gasteiger partial charge in [-0.1, -0.05) is 62.2 Å². The van der Waals surface area contributed by atoms with Gasteiger partial charge in [0.05, 0.1) is 24.0 Å². The number of hydrogen-bond acceptors (Lipinski definition) is 7. The average Bonchev–Trinajstić information content (AvgIpc) is 3.71. The monoisotopic (exact) mass is 637 g/mol. The summed E-state index contributed by atoms with van der Waals surface area (Å²) in [4.78, 5) is 60.6. The maximum absolute atomic E-state index is 14.3. The van der Waals surface area contributed by atoms with Crippen LogP contribution < -0.4 is 0 Å². The first-order valence-electron chi connectivity index (χ1n) is 16.8. The molecule has 1 aromatic carbocycles. The fourth-order valence-corrected chi connectivity index (χ4v) is 7.48. The van der Waals surface area contributed by atoms with E-state index < -0.39 is 47.7 Å². The number of likely N-dealkylation sites (tertiary alicyclic amines) is 1. The zero-order valence-electron chi connectivity index (χ0n) is 27.6. The predicted octanol–water partition coefficient (Wildman–Crippen LogP) is 4.05. The standard InChI is InChI=1S/C36H51N3O7/c1-6-9-14-22-38(21-8-3)34(43)32-36-20-19-27(46-36)29(30(36)33(42)39(32)23-15-24-40)35(44)45-31(26-16-12-11-13-17-26)25(4)37(5)28(41)18-10-7-2/h7-8,11-13,16-17,25,27,29-32,40H,2-3,6,9-10,14-15,18-24H2,1,4-5H3/t25-,27-,29+,30+,31+,32-,36+/m0/s1. The average molecular weight is 638 g/mol. The maximum atomic E-state index is 14.3. The minimum Gasteiger partial charge on any atom is -0.455 e. The van der Waals surface area contributed by atoms with Gasteiger partial charge in [0.1, 0.15) is 17.7 Å². The summed E-state index contributed by atoms with van der Waals surface area (Å²) in [6, 6.07) is 7.88. The lowest BCUT2D eigenvalue weighted by Gasteiger charge is -2.37. The number of likely N-dealkylation sites (N-methyl/N-ethyl adjacent to an activating group) is 1. The predicted molar refractivity (Wildman–Crippen MR) is 174 cm³/mol. The third-order valence-electron chi connectivity index (χ3n) is 9.93.